The molecular weight excluding hydrogens is 318 g/mol. The van der Waals surface area contributed by atoms with Crippen LogP contribution in [0.3, 0.4) is 0 Å². The van der Waals surface area contributed by atoms with E-state index in [2.05, 4.69) is 10.3 Å². The molecule has 0 spiro atoms. The molecule has 3 rings (SSSR count). The number of nitrogens with zero attached hydrogens (tertiary/aromatic N) is 2. The molecule has 0 bridgehead atoms. The average Bonchev–Trinajstić information content (AvgIpc) is 2.48. The number of hydrogen-bond acceptors (Lipinski definition) is 4. The molecule has 1 saturated carbocycles. The number of carbonyl (C=O) groups excluding carboxylic acids is 1. The first-order chi connectivity index (χ1) is 11.8. The number of fused-ring (bicyclic) bond motifs is 1. The summed E-state index contributed by atoms with van der Waals surface area (Å²) in [5.41, 5.74) is 2.04. The number of rotatable bonds is 4. The summed E-state index contributed by atoms with van der Waals surface area (Å²) < 4.78 is 0. The molecule has 1 unspecified atom stereocenters. The highest BCUT2D eigenvalue weighted by molar-refractivity contribution is 5.92. The van der Waals surface area contributed by atoms with E-state index in [4.69, 9.17) is 0 Å². The van der Waals surface area contributed by atoms with Crippen LogP contribution in [0.15, 0.2) is 12.1 Å². The van der Waals surface area contributed by atoms with Gasteiger partial charge >= 0.3 is 5.97 Å². The Morgan fingerprint density at radius 2 is 2.04 bits per heavy atom. The molecule has 6 heteroatoms. The van der Waals surface area contributed by atoms with Gasteiger partial charge in [0.05, 0.1) is 0 Å². The normalized spacial score (nSPS) is 19.6. The smallest absolute Gasteiger partial charge is 0.321 e. The first-order valence-electron chi connectivity index (χ1n) is 9.02. The maximum Gasteiger partial charge on any atom is 0.321 e. The second-order valence-corrected chi connectivity index (χ2v) is 8.23. The van der Waals surface area contributed by atoms with Crippen LogP contribution < -0.4 is 5.32 Å². The Kier molecular flexibility index (Phi) is 4.82. The van der Waals surface area contributed by atoms with Crippen molar-refractivity contribution in [1.29, 1.82) is 0 Å². The predicted molar refractivity (Wildman–Crippen MR) is 94.3 cm³/mol. The van der Waals surface area contributed by atoms with Crippen LogP contribution in [-0.2, 0) is 17.8 Å². The van der Waals surface area contributed by atoms with E-state index >= 15 is 0 Å². The van der Waals surface area contributed by atoms with Crippen molar-refractivity contribution in [3.05, 3.63) is 29.1 Å². The summed E-state index contributed by atoms with van der Waals surface area (Å²) in [5.74, 6) is -0.895. The van der Waals surface area contributed by atoms with E-state index in [-0.39, 0.29) is 11.3 Å². The van der Waals surface area contributed by atoms with Gasteiger partial charge in [0, 0.05) is 31.2 Å². The number of carboxylic acid groups (broad SMARTS) is 1. The minimum atomic E-state index is -0.791. The Bertz CT molecular complexity index is 677. The van der Waals surface area contributed by atoms with Gasteiger partial charge in [0.1, 0.15) is 11.7 Å². The molecule has 25 heavy (non-hydrogen) atoms. The van der Waals surface area contributed by atoms with Crippen LogP contribution in [0.2, 0.25) is 0 Å². The Balaban J connectivity index is 1.74. The van der Waals surface area contributed by atoms with Crippen molar-refractivity contribution < 1.29 is 14.7 Å². The molecule has 0 aromatic carbocycles. The zero-order valence-corrected chi connectivity index (χ0v) is 15.2. The van der Waals surface area contributed by atoms with Gasteiger partial charge in [-0.2, -0.15) is 0 Å². The Morgan fingerprint density at radius 1 is 1.32 bits per heavy atom. The summed E-state index contributed by atoms with van der Waals surface area (Å²) in [7, 11) is 0. The molecule has 1 aliphatic heterocycles. The van der Waals surface area contributed by atoms with Gasteiger partial charge in [-0.1, -0.05) is 26.8 Å². The lowest BCUT2D eigenvalue weighted by molar-refractivity contribution is -0.148. The molecule has 0 radical (unpaired) electrons. The fourth-order valence-corrected chi connectivity index (χ4v) is 3.67. The van der Waals surface area contributed by atoms with E-state index in [9.17, 15) is 14.7 Å². The molecule has 1 amide bonds. The molecule has 1 aromatic rings. The van der Waals surface area contributed by atoms with E-state index < -0.39 is 12.0 Å². The summed E-state index contributed by atoms with van der Waals surface area (Å²) >= 11 is 0. The van der Waals surface area contributed by atoms with Crippen molar-refractivity contribution >= 4 is 11.9 Å². The molecule has 1 aliphatic carbocycles. The van der Waals surface area contributed by atoms with Crippen LogP contribution in [0.5, 0.6) is 0 Å². The molecule has 2 heterocycles. The van der Waals surface area contributed by atoms with Gasteiger partial charge in [-0.25, -0.2) is 4.98 Å². The third-order valence-electron chi connectivity index (χ3n) is 5.17. The quantitative estimate of drug-likeness (QED) is 0.874. The number of nitrogens with one attached hydrogen (secondary N) is 1. The first-order valence-corrected chi connectivity index (χ1v) is 9.02. The number of carboxylic acids is 1. The third-order valence-corrected chi connectivity index (χ3v) is 5.17. The lowest BCUT2D eigenvalue weighted by atomic mass is 9.84. The summed E-state index contributed by atoms with van der Waals surface area (Å²) in [6, 6.07) is 3.43. The summed E-state index contributed by atoms with van der Waals surface area (Å²) in [6.45, 7) is 7.05. The Morgan fingerprint density at radius 3 is 2.60 bits per heavy atom. The number of aromatic nitrogens is 1. The molecule has 136 valence electrons. The molecule has 1 aromatic heterocycles. The molecule has 1 fully saturated rings. The van der Waals surface area contributed by atoms with Crippen molar-refractivity contribution in [2.45, 2.75) is 65.1 Å². The van der Waals surface area contributed by atoms with Crippen molar-refractivity contribution in [2.24, 2.45) is 5.41 Å². The lowest BCUT2D eigenvalue weighted by Crippen LogP contribution is -2.51. The topological polar surface area (TPSA) is 82.5 Å². The fraction of sp³-hybridized carbons (Fsp3) is 0.632. The average molecular weight is 345 g/mol. The van der Waals surface area contributed by atoms with Gasteiger partial charge in [0.15, 0.2) is 0 Å². The second kappa shape index (κ2) is 6.75. The van der Waals surface area contributed by atoms with Gasteiger partial charge in [0.25, 0.3) is 5.91 Å². The highest BCUT2D eigenvalue weighted by Crippen LogP contribution is 2.29. The van der Waals surface area contributed by atoms with Crippen molar-refractivity contribution in [2.75, 3.05) is 6.54 Å². The highest BCUT2D eigenvalue weighted by Gasteiger charge is 2.38. The van der Waals surface area contributed by atoms with Crippen LogP contribution in [0.1, 0.15) is 61.8 Å². The van der Waals surface area contributed by atoms with E-state index in [1.807, 2.05) is 31.7 Å². The minimum Gasteiger partial charge on any atom is -0.480 e. The maximum absolute atomic E-state index is 12.3. The van der Waals surface area contributed by atoms with E-state index in [0.29, 0.717) is 31.2 Å². The Labute approximate surface area is 148 Å². The molecule has 0 saturated heterocycles. The summed E-state index contributed by atoms with van der Waals surface area (Å²) in [5, 5.41) is 12.6. The third kappa shape index (κ3) is 3.84. The maximum atomic E-state index is 12.3. The van der Waals surface area contributed by atoms with Crippen molar-refractivity contribution in [3.8, 4) is 0 Å². The standard InChI is InChI=1S/C19H27N3O3/c1-19(2,3)16(18(24)25)22-10-9-14-12(11-22)7-8-15(21-14)17(23)20-13-5-4-6-13/h7-8,13,16H,4-6,9-11H2,1-3H3,(H,20,23)(H,24,25). The first kappa shape index (κ1) is 17.9. The largest absolute Gasteiger partial charge is 0.480 e. The van der Waals surface area contributed by atoms with Crippen LogP contribution >= 0.6 is 0 Å². The number of carbonyl (C=O) groups is 2. The minimum absolute atomic E-state index is 0.104. The number of aliphatic carboxylic acids is 1. The van der Waals surface area contributed by atoms with Gasteiger partial charge in [0.2, 0.25) is 0 Å². The van der Waals surface area contributed by atoms with Gasteiger partial charge in [-0.05, 0) is 36.3 Å². The van der Waals surface area contributed by atoms with Crippen LogP contribution in [0.4, 0.5) is 0 Å². The number of pyridine rings is 1. The number of amides is 1. The van der Waals surface area contributed by atoms with Crippen molar-refractivity contribution in [1.82, 2.24) is 15.2 Å². The highest BCUT2D eigenvalue weighted by atomic mass is 16.4. The SMILES string of the molecule is CC(C)(C)C(C(=O)O)N1CCc2nc(C(=O)NC3CCC3)ccc2C1. The van der Waals surface area contributed by atoms with Gasteiger partial charge in [-0.15, -0.1) is 0 Å². The summed E-state index contributed by atoms with van der Waals surface area (Å²) in [4.78, 5) is 30.5. The lowest BCUT2D eigenvalue weighted by Gasteiger charge is -2.39. The second-order valence-electron chi connectivity index (χ2n) is 8.23. The van der Waals surface area contributed by atoms with E-state index in [1.54, 1.807) is 6.07 Å². The van der Waals surface area contributed by atoms with Gasteiger partial charge in [-0.3, -0.25) is 14.5 Å². The number of hydrogen-bond donors (Lipinski definition) is 2. The molecular formula is C19H27N3O3. The molecule has 6 nitrogen and oxygen atoms in total. The monoisotopic (exact) mass is 345 g/mol. The van der Waals surface area contributed by atoms with Crippen molar-refractivity contribution in [3.63, 3.8) is 0 Å². The zero-order valence-electron chi connectivity index (χ0n) is 15.2. The fourth-order valence-electron chi connectivity index (χ4n) is 3.67. The van der Waals surface area contributed by atoms with Crippen LogP contribution in [0.25, 0.3) is 0 Å². The van der Waals surface area contributed by atoms with E-state index in [0.717, 1.165) is 24.1 Å². The summed E-state index contributed by atoms with van der Waals surface area (Å²) in [6.07, 6.45) is 3.95. The van der Waals surface area contributed by atoms with Crippen LogP contribution in [-0.4, -0.2) is 45.5 Å². The molecule has 2 aliphatic rings. The zero-order chi connectivity index (χ0) is 18.2. The van der Waals surface area contributed by atoms with Gasteiger partial charge < -0.3 is 10.4 Å². The van der Waals surface area contributed by atoms with E-state index in [1.165, 1.54) is 6.42 Å². The Hall–Kier alpha value is -1.95. The molecule has 2 N–H and O–H groups in total. The van der Waals surface area contributed by atoms with Crippen LogP contribution in [0, 0.1) is 5.41 Å². The molecule has 1 atom stereocenters. The predicted octanol–water partition coefficient (Wildman–Crippen LogP) is 2.22.